The first-order valence-corrected chi connectivity index (χ1v) is 8.68. The van der Waals surface area contributed by atoms with Crippen molar-refractivity contribution in [2.24, 2.45) is 11.8 Å². The van der Waals surface area contributed by atoms with Crippen molar-refractivity contribution >= 4 is 0 Å². The van der Waals surface area contributed by atoms with Crippen LogP contribution in [0, 0.1) is 11.8 Å². The Hall–Kier alpha value is -0.160. The average Bonchev–Trinajstić information content (AvgIpc) is 2.45. The molecule has 0 amide bonds. The van der Waals surface area contributed by atoms with E-state index in [2.05, 4.69) is 12.2 Å². The first kappa shape index (κ1) is 17.2. The Kier molecular flexibility index (Phi) is 7.44. The monoisotopic (exact) mass is 299 g/mol. The fourth-order valence-electron chi connectivity index (χ4n) is 4.12. The van der Waals surface area contributed by atoms with Crippen LogP contribution in [0.2, 0.25) is 0 Å². The topological polar surface area (TPSA) is 39.7 Å². The van der Waals surface area contributed by atoms with Crippen LogP contribution < -0.4 is 5.32 Å². The summed E-state index contributed by atoms with van der Waals surface area (Å²) in [4.78, 5) is 0. The summed E-state index contributed by atoms with van der Waals surface area (Å²) in [6, 6.07) is 0. The van der Waals surface area contributed by atoms with Crippen LogP contribution in [0.5, 0.6) is 0 Å². The molecule has 3 atom stereocenters. The molecule has 2 bridgehead atoms. The largest absolute Gasteiger partial charge is 0.378 e. The Balaban J connectivity index is 1.53. The van der Waals surface area contributed by atoms with Crippen LogP contribution >= 0.6 is 0 Å². The molecular weight excluding hydrogens is 266 g/mol. The minimum Gasteiger partial charge on any atom is -0.378 e. The van der Waals surface area contributed by atoms with Gasteiger partial charge >= 0.3 is 0 Å². The van der Waals surface area contributed by atoms with Gasteiger partial charge in [-0.25, -0.2) is 0 Å². The molecule has 2 fully saturated rings. The van der Waals surface area contributed by atoms with Gasteiger partial charge in [-0.1, -0.05) is 19.8 Å². The molecule has 4 nitrogen and oxygen atoms in total. The molecule has 0 radical (unpaired) electrons. The molecule has 0 saturated heterocycles. The second-order valence-electron chi connectivity index (χ2n) is 6.87. The lowest BCUT2D eigenvalue weighted by molar-refractivity contribution is -0.129. The lowest BCUT2D eigenvalue weighted by Gasteiger charge is -2.47. The van der Waals surface area contributed by atoms with Crippen molar-refractivity contribution in [3.63, 3.8) is 0 Å². The molecule has 2 saturated carbocycles. The van der Waals surface area contributed by atoms with E-state index in [0.29, 0.717) is 19.8 Å². The van der Waals surface area contributed by atoms with Crippen molar-refractivity contribution in [3.05, 3.63) is 0 Å². The van der Waals surface area contributed by atoms with Gasteiger partial charge < -0.3 is 19.5 Å². The number of nitrogens with one attached hydrogen (secondary N) is 1. The van der Waals surface area contributed by atoms with Gasteiger partial charge in [-0.2, -0.15) is 0 Å². The van der Waals surface area contributed by atoms with Gasteiger partial charge in [-0.15, -0.1) is 0 Å². The highest BCUT2D eigenvalue weighted by Crippen LogP contribution is 2.47. The van der Waals surface area contributed by atoms with E-state index < -0.39 is 0 Å². The Morgan fingerprint density at radius 3 is 2.62 bits per heavy atom. The highest BCUT2D eigenvalue weighted by molar-refractivity contribution is 4.94. The lowest BCUT2D eigenvalue weighted by Crippen LogP contribution is -2.44. The van der Waals surface area contributed by atoms with Gasteiger partial charge in [0.1, 0.15) is 0 Å². The maximum atomic E-state index is 6.28. The highest BCUT2D eigenvalue weighted by atomic mass is 16.5. The summed E-state index contributed by atoms with van der Waals surface area (Å²) < 4.78 is 17.3. The van der Waals surface area contributed by atoms with Crippen LogP contribution in [0.15, 0.2) is 0 Å². The first-order chi connectivity index (χ1) is 10.2. The van der Waals surface area contributed by atoms with Crippen molar-refractivity contribution in [2.45, 2.75) is 51.0 Å². The Labute approximate surface area is 129 Å². The fourth-order valence-corrected chi connectivity index (χ4v) is 4.12. The summed E-state index contributed by atoms with van der Waals surface area (Å²) in [5.74, 6) is 1.73. The van der Waals surface area contributed by atoms with Crippen LogP contribution in [0.25, 0.3) is 0 Å². The van der Waals surface area contributed by atoms with E-state index in [1.807, 2.05) is 7.05 Å². The van der Waals surface area contributed by atoms with Gasteiger partial charge in [-0.3, -0.25) is 0 Å². The number of ether oxygens (including phenoxy) is 3. The lowest BCUT2D eigenvalue weighted by atomic mass is 9.65. The van der Waals surface area contributed by atoms with Crippen LogP contribution in [-0.2, 0) is 14.2 Å². The number of fused-ring (bicyclic) bond motifs is 2. The smallest absolute Gasteiger partial charge is 0.0708 e. The Morgan fingerprint density at radius 2 is 1.81 bits per heavy atom. The molecule has 0 aromatic carbocycles. The Bertz CT molecular complexity index is 283. The summed E-state index contributed by atoms with van der Waals surface area (Å²) >= 11 is 0. The summed E-state index contributed by atoms with van der Waals surface area (Å²) in [6.07, 6.45) is 7.95. The zero-order chi connectivity index (χ0) is 15.0. The Morgan fingerprint density at radius 1 is 1.05 bits per heavy atom. The van der Waals surface area contributed by atoms with Gasteiger partial charge in [0.15, 0.2) is 0 Å². The molecule has 3 unspecified atom stereocenters. The van der Waals surface area contributed by atoms with E-state index in [-0.39, 0.29) is 5.60 Å². The fraction of sp³-hybridized carbons (Fsp3) is 1.00. The predicted molar refractivity (Wildman–Crippen MR) is 84.6 cm³/mol. The summed E-state index contributed by atoms with van der Waals surface area (Å²) in [5.41, 5.74) is 0.174. The van der Waals surface area contributed by atoms with Crippen molar-refractivity contribution in [2.75, 3.05) is 46.6 Å². The van der Waals surface area contributed by atoms with Crippen molar-refractivity contribution in [1.29, 1.82) is 0 Å². The molecule has 0 aliphatic heterocycles. The molecule has 4 heteroatoms. The van der Waals surface area contributed by atoms with Gasteiger partial charge in [0.25, 0.3) is 0 Å². The van der Waals surface area contributed by atoms with Crippen molar-refractivity contribution in [1.82, 2.24) is 5.32 Å². The van der Waals surface area contributed by atoms with E-state index in [1.165, 1.54) is 38.5 Å². The molecule has 0 aromatic heterocycles. The van der Waals surface area contributed by atoms with Gasteiger partial charge in [-0.05, 0) is 44.6 Å². The summed E-state index contributed by atoms with van der Waals surface area (Å²) in [7, 11) is 1.93. The van der Waals surface area contributed by atoms with E-state index in [1.54, 1.807) is 0 Å². The molecule has 21 heavy (non-hydrogen) atoms. The highest BCUT2D eigenvalue weighted by Gasteiger charge is 2.42. The van der Waals surface area contributed by atoms with Crippen molar-refractivity contribution < 1.29 is 14.2 Å². The molecule has 0 aromatic rings. The molecule has 0 heterocycles. The maximum absolute atomic E-state index is 6.28. The molecular formula is C17H33NO3. The number of likely N-dealkylation sites (N-methyl/N-ethyl adjacent to an activating group) is 1. The average molecular weight is 299 g/mol. The van der Waals surface area contributed by atoms with Crippen LogP contribution in [0.1, 0.15) is 45.4 Å². The SMILES string of the molecule is CNCCOCCOCCOC12CCCC(CC(C)C1)C2. The molecule has 1 N–H and O–H groups in total. The molecule has 124 valence electrons. The molecule has 2 aliphatic carbocycles. The summed E-state index contributed by atoms with van der Waals surface area (Å²) in [5, 5.41) is 3.05. The third kappa shape index (κ3) is 5.85. The van der Waals surface area contributed by atoms with E-state index in [4.69, 9.17) is 14.2 Å². The van der Waals surface area contributed by atoms with Crippen LogP contribution in [0.3, 0.4) is 0 Å². The number of hydrogen-bond donors (Lipinski definition) is 1. The van der Waals surface area contributed by atoms with Gasteiger partial charge in [0.05, 0.1) is 38.6 Å². The third-order valence-corrected chi connectivity index (χ3v) is 4.87. The summed E-state index contributed by atoms with van der Waals surface area (Å²) in [6.45, 7) is 6.79. The van der Waals surface area contributed by atoms with Gasteiger partial charge in [0.2, 0.25) is 0 Å². The molecule has 0 spiro atoms. The van der Waals surface area contributed by atoms with E-state index in [0.717, 1.165) is 31.6 Å². The normalized spacial score (nSPS) is 32.3. The van der Waals surface area contributed by atoms with E-state index in [9.17, 15) is 0 Å². The van der Waals surface area contributed by atoms with E-state index >= 15 is 0 Å². The molecule has 2 rings (SSSR count). The molecule has 2 aliphatic rings. The van der Waals surface area contributed by atoms with Gasteiger partial charge in [0, 0.05) is 6.54 Å². The zero-order valence-corrected chi connectivity index (χ0v) is 13.9. The number of hydrogen-bond acceptors (Lipinski definition) is 4. The number of rotatable bonds is 10. The van der Waals surface area contributed by atoms with Crippen molar-refractivity contribution in [3.8, 4) is 0 Å². The standard InChI is InChI=1S/C17H33NO3/c1-15-12-16-4-3-5-17(13-15,14-16)21-11-10-20-9-8-19-7-6-18-2/h15-16,18H,3-14H2,1-2H3. The minimum absolute atomic E-state index is 0.174. The van der Waals surface area contributed by atoms with Crippen LogP contribution in [0.4, 0.5) is 0 Å². The second-order valence-corrected chi connectivity index (χ2v) is 6.87. The third-order valence-electron chi connectivity index (χ3n) is 4.87. The zero-order valence-electron chi connectivity index (χ0n) is 13.9. The minimum atomic E-state index is 0.174. The predicted octanol–water partition coefficient (Wildman–Crippen LogP) is 2.61. The first-order valence-electron chi connectivity index (χ1n) is 8.68. The second kappa shape index (κ2) is 9.09. The quantitative estimate of drug-likeness (QED) is 0.630. The van der Waals surface area contributed by atoms with Crippen LogP contribution in [-0.4, -0.2) is 52.2 Å². The maximum Gasteiger partial charge on any atom is 0.0708 e.